The van der Waals surface area contributed by atoms with Crippen LogP contribution in [0.15, 0.2) is 4.79 Å². The lowest BCUT2D eigenvalue weighted by Gasteiger charge is -2.11. The van der Waals surface area contributed by atoms with E-state index in [1.54, 1.807) is 4.57 Å². The summed E-state index contributed by atoms with van der Waals surface area (Å²) >= 11 is 1.49. The number of carbonyl (C=O) groups is 1. The molecule has 1 aliphatic rings. The van der Waals surface area contributed by atoms with Crippen molar-refractivity contribution in [1.82, 2.24) is 9.55 Å². The summed E-state index contributed by atoms with van der Waals surface area (Å²) in [7, 11) is 0. The Kier molecular flexibility index (Phi) is 5.04. The van der Waals surface area contributed by atoms with E-state index in [9.17, 15) is 14.7 Å². The first-order chi connectivity index (χ1) is 11.5. The zero-order valence-corrected chi connectivity index (χ0v) is 15.1. The summed E-state index contributed by atoms with van der Waals surface area (Å²) in [5.41, 5.74) is 0.679. The van der Waals surface area contributed by atoms with Crippen LogP contribution < -0.4 is 5.56 Å². The number of hydrogen-bond donors (Lipinski definition) is 1. The number of carboxylic acids is 1. The molecule has 0 amide bonds. The first-order valence-corrected chi connectivity index (χ1v) is 9.61. The van der Waals surface area contributed by atoms with Crippen LogP contribution >= 0.6 is 11.3 Å². The minimum atomic E-state index is -0.834. The van der Waals surface area contributed by atoms with Crippen molar-refractivity contribution in [3.63, 3.8) is 0 Å². The van der Waals surface area contributed by atoms with Crippen LogP contribution in [0.1, 0.15) is 67.6 Å². The Hall–Kier alpha value is -1.69. The van der Waals surface area contributed by atoms with E-state index in [-0.39, 0.29) is 5.56 Å². The van der Waals surface area contributed by atoms with Crippen LogP contribution in [0.25, 0.3) is 10.2 Å². The molecule has 0 bridgehead atoms. The predicted octanol–water partition coefficient (Wildman–Crippen LogP) is 3.85. The summed E-state index contributed by atoms with van der Waals surface area (Å²) in [5, 5.41) is 10.0. The fourth-order valence-electron chi connectivity index (χ4n) is 3.61. The maximum absolute atomic E-state index is 13.0. The van der Waals surface area contributed by atoms with E-state index in [1.807, 2.05) is 6.92 Å². The van der Waals surface area contributed by atoms with Crippen molar-refractivity contribution in [1.29, 1.82) is 0 Å². The van der Waals surface area contributed by atoms with E-state index in [0.29, 0.717) is 23.2 Å². The SMILES string of the molecule is CCCCCCCn1c(C)nc2sc3c(c2c1=O)C(C(=O)O)CC3. The highest BCUT2D eigenvalue weighted by molar-refractivity contribution is 7.18. The lowest BCUT2D eigenvalue weighted by atomic mass is 10.0. The second kappa shape index (κ2) is 7.05. The fourth-order valence-corrected chi connectivity index (χ4v) is 4.89. The van der Waals surface area contributed by atoms with Crippen molar-refractivity contribution in [2.45, 2.75) is 71.3 Å². The molecule has 2 aromatic rings. The van der Waals surface area contributed by atoms with Gasteiger partial charge in [-0.3, -0.25) is 14.2 Å². The van der Waals surface area contributed by atoms with Crippen LogP contribution in [-0.2, 0) is 17.8 Å². The van der Waals surface area contributed by atoms with Gasteiger partial charge in [0.2, 0.25) is 0 Å². The van der Waals surface area contributed by atoms with Crippen LogP contribution in [0, 0.1) is 6.92 Å². The van der Waals surface area contributed by atoms with Gasteiger partial charge in [0.1, 0.15) is 10.7 Å². The van der Waals surface area contributed by atoms with Gasteiger partial charge in [-0.25, -0.2) is 4.98 Å². The van der Waals surface area contributed by atoms with Crippen LogP contribution in [0.3, 0.4) is 0 Å². The molecule has 24 heavy (non-hydrogen) atoms. The average Bonchev–Trinajstić information content (AvgIpc) is 3.08. The molecule has 0 saturated heterocycles. The third kappa shape index (κ3) is 2.99. The maximum Gasteiger partial charge on any atom is 0.311 e. The van der Waals surface area contributed by atoms with Gasteiger partial charge in [0.05, 0.1) is 11.3 Å². The normalized spacial score (nSPS) is 16.7. The number of aliphatic carboxylic acids is 1. The molecule has 0 saturated carbocycles. The van der Waals surface area contributed by atoms with Gasteiger partial charge in [0.25, 0.3) is 5.56 Å². The van der Waals surface area contributed by atoms with E-state index in [0.717, 1.165) is 35.5 Å². The van der Waals surface area contributed by atoms with Gasteiger partial charge in [-0.1, -0.05) is 32.6 Å². The molecule has 0 aliphatic heterocycles. The molecule has 0 fully saturated rings. The van der Waals surface area contributed by atoms with E-state index < -0.39 is 11.9 Å². The van der Waals surface area contributed by atoms with Crippen molar-refractivity contribution in [3.05, 3.63) is 26.6 Å². The Morgan fingerprint density at radius 2 is 2.08 bits per heavy atom. The summed E-state index contributed by atoms with van der Waals surface area (Å²) in [5.74, 6) is -0.654. The zero-order valence-electron chi connectivity index (χ0n) is 14.3. The molecule has 1 aliphatic carbocycles. The Bertz CT molecular complexity index is 822. The largest absolute Gasteiger partial charge is 0.481 e. The van der Waals surface area contributed by atoms with Crippen LogP contribution in [0.5, 0.6) is 0 Å². The molecule has 1 unspecified atom stereocenters. The van der Waals surface area contributed by atoms with Gasteiger partial charge < -0.3 is 5.11 Å². The molecule has 0 radical (unpaired) electrons. The molecule has 1 N–H and O–H groups in total. The second-order valence-electron chi connectivity index (χ2n) is 6.58. The highest BCUT2D eigenvalue weighted by Crippen LogP contribution is 2.42. The zero-order chi connectivity index (χ0) is 17.3. The second-order valence-corrected chi connectivity index (χ2v) is 7.66. The number of aryl methyl sites for hydroxylation is 2. The summed E-state index contributed by atoms with van der Waals surface area (Å²) in [6.45, 7) is 4.72. The summed E-state index contributed by atoms with van der Waals surface area (Å²) < 4.78 is 1.73. The molecular formula is C18H24N2O3S. The highest BCUT2D eigenvalue weighted by atomic mass is 32.1. The van der Waals surface area contributed by atoms with Crippen molar-refractivity contribution in [2.24, 2.45) is 0 Å². The molecule has 130 valence electrons. The smallest absolute Gasteiger partial charge is 0.311 e. The topological polar surface area (TPSA) is 72.2 Å². The minimum Gasteiger partial charge on any atom is -0.481 e. The molecule has 2 aromatic heterocycles. The van der Waals surface area contributed by atoms with E-state index >= 15 is 0 Å². The summed E-state index contributed by atoms with van der Waals surface area (Å²) in [6.07, 6.45) is 7.02. The van der Waals surface area contributed by atoms with Gasteiger partial charge in [-0.15, -0.1) is 11.3 Å². The Morgan fingerprint density at radius 1 is 1.33 bits per heavy atom. The first kappa shape index (κ1) is 17.1. The monoisotopic (exact) mass is 348 g/mol. The standard InChI is InChI=1S/C18H24N2O3S/c1-3-4-5-6-7-10-20-11(2)19-16-15(17(20)21)14-12(18(22)23)8-9-13(14)24-16/h12H,3-10H2,1-2H3,(H,22,23). The van der Waals surface area contributed by atoms with Gasteiger partial charge >= 0.3 is 5.97 Å². The lowest BCUT2D eigenvalue weighted by molar-refractivity contribution is -0.138. The third-order valence-corrected chi connectivity index (χ3v) is 6.07. The Balaban J connectivity index is 1.95. The number of rotatable bonds is 7. The summed E-state index contributed by atoms with van der Waals surface area (Å²) in [6, 6.07) is 0. The molecule has 0 spiro atoms. The van der Waals surface area contributed by atoms with Crippen molar-refractivity contribution >= 4 is 27.5 Å². The van der Waals surface area contributed by atoms with E-state index in [2.05, 4.69) is 11.9 Å². The Labute approximate surface area is 145 Å². The van der Waals surface area contributed by atoms with Crippen molar-refractivity contribution in [2.75, 3.05) is 0 Å². The molecular weight excluding hydrogens is 324 g/mol. The number of aromatic nitrogens is 2. The van der Waals surface area contributed by atoms with Crippen LogP contribution in [-0.4, -0.2) is 20.6 Å². The summed E-state index contributed by atoms with van der Waals surface area (Å²) in [4.78, 5) is 30.8. The molecule has 1 atom stereocenters. The minimum absolute atomic E-state index is 0.0568. The number of carboxylic acid groups (broad SMARTS) is 1. The van der Waals surface area contributed by atoms with Gasteiger partial charge in [-0.2, -0.15) is 0 Å². The fraction of sp³-hybridized carbons (Fsp3) is 0.611. The first-order valence-electron chi connectivity index (χ1n) is 8.80. The molecule has 5 nitrogen and oxygen atoms in total. The van der Waals surface area contributed by atoms with E-state index in [4.69, 9.17) is 0 Å². The average molecular weight is 348 g/mol. The molecule has 0 aromatic carbocycles. The van der Waals surface area contributed by atoms with Gasteiger partial charge in [0, 0.05) is 11.4 Å². The van der Waals surface area contributed by atoms with Crippen LogP contribution in [0.2, 0.25) is 0 Å². The molecule has 6 heteroatoms. The van der Waals surface area contributed by atoms with Crippen molar-refractivity contribution in [3.8, 4) is 0 Å². The van der Waals surface area contributed by atoms with Crippen molar-refractivity contribution < 1.29 is 9.90 Å². The number of thiophene rings is 1. The molecule has 2 heterocycles. The molecule has 3 rings (SSSR count). The van der Waals surface area contributed by atoms with Crippen LogP contribution in [0.4, 0.5) is 0 Å². The quantitative estimate of drug-likeness (QED) is 0.771. The number of unbranched alkanes of at least 4 members (excludes halogenated alkanes) is 4. The highest BCUT2D eigenvalue weighted by Gasteiger charge is 2.34. The predicted molar refractivity (Wildman–Crippen MR) is 96.1 cm³/mol. The number of fused-ring (bicyclic) bond motifs is 3. The van der Waals surface area contributed by atoms with Gasteiger partial charge in [0.15, 0.2) is 0 Å². The number of hydrogen-bond acceptors (Lipinski definition) is 4. The van der Waals surface area contributed by atoms with E-state index in [1.165, 1.54) is 30.6 Å². The number of nitrogens with zero attached hydrogens (tertiary/aromatic N) is 2. The maximum atomic E-state index is 13.0. The third-order valence-electron chi connectivity index (χ3n) is 4.91. The Morgan fingerprint density at radius 3 is 2.79 bits per heavy atom. The lowest BCUT2D eigenvalue weighted by Crippen LogP contribution is -2.24. The van der Waals surface area contributed by atoms with Gasteiger partial charge in [-0.05, 0) is 31.7 Å².